The van der Waals surface area contributed by atoms with Gasteiger partial charge in [-0.3, -0.25) is 0 Å². The van der Waals surface area contributed by atoms with Crippen LogP contribution in [-0.4, -0.2) is 13.1 Å². The van der Waals surface area contributed by atoms with Crippen molar-refractivity contribution in [3.8, 4) is 0 Å². The van der Waals surface area contributed by atoms with E-state index in [0.717, 1.165) is 16.4 Å². The molecule has 3 nitrogen and oxygen atoms in total. The zero-order valence-corrected chi connectivity index (χ0v) is 9.96. The summed E-state index contributed by atoms with van der Waals surface area (Å²) >= 11 is 0. The average molecular weight is 238 g/mol. The molecular weight excluding hydrogens is 226 g/mol. The molecule has 3 heteroatoms. The Labute approximate surface area is 104 Å². The molecular formula is C15H12NO2+. The van der Waals surface area contributed by atoms with Crippen LogP contribution in [0.5, 0.6) is 0 Å². The molecule has 2 aromatic heterocycles. The number of hydrogen-bond acceptors (Lipinski definition) is 2. The van der Waals surface area contributed by atoms with Gasteiger partial charge in [-0.25, -0.2) is 4.79 Å². The lowest BCUT2D eigenvalue weighted by Crippen LogP contribution is -2.21. The van der Waals surface area contributed by atoms with Crippen LogP contribution in [0.1, 0.15) is 10.4 Å². The number of carbonyl (C=O) groups excluding carboxylic acids is 1. The Morgan fingerprint density at radius 2 is 2.00 bits per heavy atom. The summed E-state index contributed by atoms with van der Waals surface area (Å²) in [4.78, 5) is 11.5. The van der Waals surface area contributed by atoms with E-state index in [0.29, 0.717) is 5.56 Å². The smallest absolute Gasteiger partial charge is 0.337 e. The second-order valence-electron chi connectivity index (χ2n) is 4.09. The second-order valence-corrected chi connectivity index (χ2v) is 4.09. The number of nitrogens with zero attached hydrogens (tertiary/aromatic N) is 1. The number of carbonyl (C=O) groups is 1. The van der Waals surface area contributed by atoms with E-state index < -0.39 is 0 Å². The van der Waals surface area contributed by atoms with Gasteiger partial charge in [-0.2, -0.15) is 4.40 Å². The minimum atomic E-state index is -0.310. The summed E-state index contributed by atoms with van der Waals surface area (Å²) in [6.07, 6.45) is 2.01. The van der Waals surface area contributed by atoms with Gasteiger partial charge in [-0.05, 0) is 24.3 Å². The summed E-state index contributed by atoms with van der Waals surface area (Å²) < 4.78 is 6.82. The van der Waals surface area contributed by atoms with Crippen molar-refractivity contribution in [2.45, 2.75) is 0 Å². The fraction of sp³-hybridized carbons (Fsp3) is 0.0667. The molecule has 0 saturated carbocycles. The number of benzene rings is 1. The van der Waals surface area contributed by atoms with Crippen LogP contribution >= 0.6 is 0 Å². The normalized spacial score (nSPS) is 10.7. The molecule has 0 saturated heterocycles. The van der Waals surface area contributed by atoms with Crippen LogP contribution in [0.25, 0.3) is 16.4 Å². The molecule has 3 rings (SSSR count). The Balaban J connectivity index is 2.31. The van der Waals surface area contributed by atoms with E-state index in [9.17, 15) is 4.79 Å². The Morgan fingerprint density at radius 1 is 1.11 bits per heavy atom. The number of methoxy groups -OCH3 is 1. The molecule has 2 heterocycles. The highest BCUT2D eigenvalue weighted by Gasteiger charge is 2.11. The van der Waals surface area contributed by atoms with E-state index in [1.54, 1.807) is 6.07 Å². The Bertz CT molecular complexity index is 750. The number of esters is 1. The third-order valence-corrected chi connectivity index (χ3v) is 3.03. The first-order valence-electron chi connectivity index (χ1n) is 5.71. The van der Waals surface area contributed by atoms with Crippen LogP contribution in [0.15, 0.2) is 54.7 Å². The average Bonchev–Trinajstić information content (AvgIpc) is 2.45. The first-order chi connectivity index (χ1) is 8.79. The fourth-order valence-electron chi connectivity index (χ4n) is 2.14. The molecule has 0 aliphatic rings. The van der Waals surface area contributed by atoms with Crippen molar-refractivity contribution < 1.29 is 13.9 Å². The van der Waals surface area contributed by atoms with Crippen molar-refractivity contribution in [2.75, 3.05) is 7.11 Å². The molecule has 0 spiro atoms. The maximum atomic E-state index is 11.5. The molecule has 0 unspecified atom stereocenters. The van der Waals surface area contributed by atoms with Gasteiger partial charge in [0.05, 0.1) is 12.7 Å². The molecule has 1 aromatic carbocycles. The first-order valence-corrected chi connectivity index (χ1v) is 5.71. The summed E-state index contributed by atoms with van der Waals surface area (Å²) in [6.45, 7) is 0. The highest BCUT2D eigenvalue weighted by atomic mass is 16.5. The topological polar surface area (TPSA) is 30.4 Å². The molecule has 0 aliphatic heterocycles. The molecule has 0 bridgehead atoms. The van der Waals surface area contributed by atoms with E-state index in [1.807, 2.05) is 48.7 Å². The molecule has 0 N–H and O–H groups in total. The third-order valence-electron chi connectivity index (χ3n) is 3.03. The number of rotatable bonds is 1. The van der Waals surface area contributed by atoms with E-state index in [1.165, 1.54) is 7.11 Å². The van der Waals surface area contributed by atoms with Crippen LogP contribution < -0.4 is 4.40 Å². The van der Waals surface area contributed by atoms with Crippen LogP contribution in [-0.2, 0) is 4.74 Å². The summed E-state index contributed by atoms with van der Waals surface area (Å²) in [5, 5.41) is 1.02. The molecule has 0 radical (unpaired) electrons. The van der Waals surface area contributed by atoms with Crippen LogP contribution in [0.4, 0.5) is 0 Å². The van der Waals surface area contributed by atoms with Gasteiger partial charge in [-0.1, -0.05) is 0 Å². The lowest BCUT2D eigenvalue weighted by atomic mass is 10.1. The van der Waals surface area contributed by atoms with Gasteiger partial charge in [0.2, 0.25) is 11.0 Å². The Morgan fingerprint density at radius 3 is 2.83 bits per heavy atom. The minimum Gasteiger partial charge on any atom is -0.465 e. The van der Waals surface area contributed by atoms with Crippen LogP contribution in [0.2, 0.25) is 0 Å². The summed E-state index contributed by atoms with van der Waals surface area (Å²) in [7, 11) is 1.39. The van der Waals surface area contributed by atoms with E-state index in [2.05, 4.69) is 4.40 Å². The molecule has 0 atom stereocenters. The van der Waals surface area contributed by atoms with Crippen LogP contribution in [0.3, 0.4) is 0 Å². The molecule has 0 amide bonds. The predicted molar refractivity (Wildman–Crippen MR) is 68.4 cm³/mol. The lowest BCUT2D eigenvalue weighted by molar-refractivity contribution is -0.481. The molecule has 0 fully saturated rings. The number of fused-ring (bicyclic) bond motifs is 3. The number of aromatic nitrogens is 1. The van der Waals surface area contributed by atoms with Crippen molar-refractivity contribution >= 4 is 22.4 Å². The maximum Gasteiger partial charge on any atom is 0.337 e. The van der Waals surface area contributed by atoms with Crippen molar-refractivity contribution in [1.82, 2.24) is 0 Å². The van der Waals surface area contributed by atoms with Crippen molar-refractivity contribution in [3.63, 3.8) is 0 Å². The van der Waals surface area contributed by atoms with Gasteiger partial charge < -0.3 is 4.74 Å². The van der Waals surface area contributed by atoms with Crippen molar-refractivity contribution in [2.24, 2.45) is 0 Å². The maximum absolute atomic E-state index is 11.5. The van der Waals surface area contributed by atoms with E-state index >= 15 is 0 Å². The monoisotopic (exact) mass is 238 g/mol. The highest BCUT2D eigenvalue weighted by Crippen LogP contribution is 2.14. The van der Waals surface area contributed by atoms with Gasteiger partial charge in [0.15, 0.2) is 6.20 Å². The van der Waals surface area contributed by atoms with Gasteiger partial charge >= 0.3 is 5.97 Å². The standard InChI is InChI=1S/C15H12NO2/c1-18-15(17)12-6-8-14-11(10-12)5-7-13-4-2-3-9-16(13)14/h2-10H,1H3/q+1. The Kier molecular flexibility index (Phi) is 2.45. The van der Waals surface area contributed by atoms with Crippen molar-refractivity contribution in [3.05, 3.63) is 60.3 Å². The third kappa shape index (κ3) is 1.61. The molecule has 3 aromatic rings. The Hall–Kier alpha value is -2.42. The largest absolute Gasteiger partial charge is 0.465 e. The number of hydrogen-bond donors (Lipinski definition) is 0. The minimum absolute atomic E-state index is 0.310. The zero-order chi connectivity index (χ0) is 12.5. The zero-order valence-electron chi connectivity index (χ0n) is 9.96. The van der Waals surface area contributed by atoms with Gasteiger partial charge in [-0.15, -0.1) is 0 Å². The summed E-state index contributed by atoms with van der Waals surface area (Å²) in [5.41, 5.74) is 2.76. The SMILES string of the molecule is COC(=O)c1ccc2c(ccc3cccc[n+]32)c1. The first kappa shape index (κ1) is 10.7. The summed E-state index contributed by atoms with van der Waals surface area (Å²) in [5.74, 6) is -0.310. The van der Waals surface area contributed by atoms with Crippen LogP contribution in [0, 0.1) is 0 Å². The number of ether oxygens (including phenoxy) is 1. The highest BCUT2D eigenvalue weighted by molar-refractivity contribution is 5.94. The quantitative estimate of drug-likeness (QED) is 0.370. The molecule has 88 valence electrons. The summed E-state index contributed by atoms with van der Waals surface area (Å²) in [6, 6.07) is 15.7. The van der Waals surface area contributed by atoms with Gasteiger partial charge in [0, 0.05) is 29.7 Å². The molecule has 0 aliphatic carbocycles. The van der Waals surface area contributed by atoms with E-state index in [4.69, 9.17) is 4.74 Å². The van der Waals surface area contributed by atoms with Gasteiger partial charge in [0.25, 0.3) is 0 Å². The van der Waals surface area contributed by atoms with Gasteiger partial charge in [0.1, 0.15) is 0 Å². The fourth-order valence-corrected chi connectivity index (χ4v) is 2.14. The number of pyridine rings is 2. The predicted octanol–water partition coefficient (Wildman–Crippen LogP) is 2.37. The lowest BCUT2D eigenvalue weighted by Gasteiger charge is -2.00. The second kappa shape index (κ2) is 4.11. The van der Waals surface area contributed by atoms with Crippen molar-refractivity contribution in [1.29, 1.82) is 0 Å². The van der Waals surface area contributed by atoms with E-state index in [-0.39, 0.29) is 5.97 Å². The molecule has 18 heavy (non-hydrogen) atoms.